The minimum atomic E-state index is -0.685. The lowest BCUT2D eigenvalue weighted by Crippen LogP contribution is -2.43. The second-order valence-electron chi connectivity index (χ2n) is 7.84. The predicted octanol–water partition coefficient (Wildman–Crippen LogP) is 3.00. The van der Waals surface area contributed by atoms with Gasteiger partial charge in [0.25, 0.3) is 5.91 Å². The molecule has 3 rings (SSSR count). The third-order valence-electron chi connectivity index (χ3n) is 5.45. The van der Waals surface area contributed by atoms with Gasteiger partial charge >= 0.3 is 5.97 Å². The maximum Gasteiger partial charge on any atom is 0.306 e. The van der Waals surface area contributed by atoms with Gasteiger partial charge in [-0.2, -0.15) is 0 Å². The standard InChI is InChI=1S/C25H27NO5/c1-17(27)22(14-18-6-3-2-4-7-18)26-24(29)16-31-25(30)13-12-23(28)21-11-10-19-8-5-9-20(19)15-21/h2-4,6-7,10-11,15,22H,5,8-9,12-14,16H2,1H3,(H,26,29)/t22-/m1/s1. The van der Waals surface area contributed by atoms with Gasteiger partial charge in [-0.25, -0.2) is 0 Å². The Bertz CT molecular complexity index is 967. The molecule has 6 nitrogen and oxygen atoms in total. The maximum absolute atomic E-state index is 12.4. The molecular formula is C25H27NO5. The number of aryl methyl sites for hydroxylation is 2. The van der Waals surface area contributed by atoms with Gasteiger partial charge in [-0.15, -0.1) is 0 Å². The lowest BCUT2D eigenvalue weighted by Gasteiger charge is -2.16. The number of carbonyl (C=O) groups excluding carboxylic acids is 4. The van der Waals surface area contributed by atoms with E-state index in [4.69, 9.17) is 4.74 Å². The van der Waals surface area contributed by atoms with Crippen LogP contribution in [0.5, 0.6) is 0 Å². The van der Waals surface area contributed by atoms with Crippen LogP contribution in [0.15, 0.2) is 48.5 Å². The monoisotopic (exact) mass is 421 g/mol. The number of nitrogens with one attached hydrogen (secondary N) is 1. The molecule has 0 fully saturated rings. The highest BCUT2D eigenvalue weighted by atomic mass is 16.5. The number of amides is 1. The fourth-order valence-corrected chi connectivity index (χ4v) is 3.71. The SMILES string of the molecule is CC(=O)[C@@H](Cc1ccccc1)NC(=O)COC(=O)CCC(=O)c1ccc2c(c1)CCC2. The topological polar surface area (TPSA) is 89.5 Å². The van der Waals surface area contributed by atoms with Crippen LogP contribution in [0.3, 0.4) is 0 Å². The Morgan fingerprint density at radius 2 is 1.71 bits per heavy atom. The molecule has 0 bridgehead atoms. The van der Waals surface area contributed by atoms with Crippen molar-refractivity contribution in [2.75, 3.05) is 6.61 Å². The lowest BCUT2D eigenvalue weighted by molar-refractivity contribution is -0.148. The van der Waals surface area contributed by atoms with Crippen LogP contribution in [-0.4, -0.2) is 36.1 Å². The first kappa shape index (κ1) is 22.4. The Labute approximate surface area is 182 Å². The summed E-state index contributed by atoms with van der Waals surface area (Å²) in [5, 5.41) is 2.60. The molecule has 0 saturated heterocycles. The highest BCUT2D eigenvalue weighted by Gasteiger charge is 2.19. The molecule has 0 spiro atoms. The number of Topliss-reactive ketones (excluding diaryl/α,β-unsaturated/α-hetero) is 2. The summed E-state index contributed by atoms with van der Waals surface area (Å²) in [6.07, 6.45) is 3.45. The lowest BCUT2D eigenvalue weighted by atomic mass is 10.0. The molecule has 0 aliphatic heterocycles. The van der Waals surface area contributed by atoms with Crippen molar-refractivity contribution >= 4 is 23.4 Å². The number of esters is 1. The summed E-state index contributed by atoms with van der Waals surface area (Å²) in [5.74, 6) is -1.46. The number of benzene rings is 2. The van der Waals surface area contributed by atoms with Crippen LogP contribution >= 0.6 is 0 Å². The minimum absolute atomic E-state index is 0.0311. The Balaban J connectivity index is 1.41. The van der Waals surface area contributed by atoms with Gasteiger partial charge in [-0.1, -0.05) is 42.5 Å². The molecule has 0 aromatic heterocycles. The highest BCUT2D eigenvalue weighted by molar-refractivity contribution is 5.98. The van der Waals surface area contributed by atoms with E-state index in [1.807, 2.05) is 42.5 Å². The van der Waals surface area contributed by atoms with Gasteiger partial charge in [0, 0.05) is 12.0 Å². The molecule has 2 aromatic carbocycles. The number of ether oxygens (including phenoxy) is 1. The number of rotatable bonds is 10. The quantitative estimate of drug-likeness (QED) is 0.471. The van der Waals surface area contributed by atoms with Gasteiger partial charge in [-0.3, -0.25) is 19.2 Å². The fraction of sp³-hybridized carbons (Fsp3) is 0.360. The summed E-state index contributed by atoms with van der Waals surface area (Å²) in [6, 6.07) is 14.4. The molecular weight excluding hydrogens is 394 g/mol. The molecule has 1 aliphatic rings. The number of ketones is 2. The average molecular weight is 421 g/mol. The van der Waals surface area contributed by atoms with E-state index < -0.39 is 24.5 Å². The predicted molar refractivity (Wildman–Crippen MR) is 116 cm³/mol. The zero-order valence-corrected chi connectivity index (χ0v) is 17.7. The van der Waals surface area contributed by atoms with Gasteiger partial charge < -0.3 is 10.1 Å². The maximum atomic E-state index is 12.4. The molecule has 1 amide bonds. The minimum Gasteiger partial charge on any atom is -0.456 e. The van der Waals surface area contributed by atoms with Gasteiger partial charge in [0.05, 0.1) is 12.5 Å². The van der Waals surface area contributed by atoms with Crippen LogP contribution < -0.4 is 5.32 Å². The smallest absolute Gasteiger partial charge is 0.306 e. The van der Waals surface area contributed by atoms with Crippen LogP contribution in [0.2, 0.25) is 0 Å². The summed E-state index contributed by atoms with van der Waals surface area (Å²) >= 11 is 0. The zero-order valence-electron chi connectivity index (χ0n) is 17.7. The van der Waals surface area contributed by atoms with E-state index >= 15 is 0 Å². The van der Waals surface area contributed by atoms with Crippen LogP contribution in [0.25, 0.3) is 0 Å². The molecule has 1 N–H and O–H groups in total. The molecule has 1 atom stereocenters. The van der Waals surface area contributed by atoms with E-state index in [2.05, 4.69) is 5.32 Å². The third-order valence-corrected chi connectivity index (χ3v) is 5.45. The second-order valence-corrected chi connectivity index (χ2v) is 7.84. The summed E-state index contributed by atoms with van der Waals surface area (Å²) in [4.78, 5) is 48.3. The number of carbonyl (C=O) groups is 4. The normalized spacial score (nSPS) is 13.2. The molecule has 31 heavy (non-hydrogen) atoms. The van der Waals surface area contributed by atoms with Crippen molar-refractivity contribution in [1.29, 1.82) is 0 Å². The highest BCUT2D eigenvalue weighted by Crippen LogP contribution is 2.23. The number of hydrogen-bond acceptors (Lipinski definition) is 5. The van der Waals surface area contributed by atoms with Crippen LogP contribution in [-0.2, 0) is 38.4 Å². The van der Waals surface area contributed by atoms with Crippen molar-refractivity contribution in [2.24, 2.45) is 0 Å². The first-order valence-corrected chi connectivity index (χ1v) is 10.6. The molecule has 162 valence electrons. The molecule has 1 aliphatic carbocycles. The molecule has 0 unspecified atom stereocenters. The first-order valence-electron chi connectivity index (χ1n) is 10.6. The van der Waals surface area contributed by atoms with Crippen molar-refractivity contribution in [3.63, 3.8) is 0 Å². The molecule has 0 heterocycles. The van der Waals surface area contributed by atoms with E-state index in [1.165, 1.54) is 18.1 Å². The van der Waals surface area contributed by atoms with E-state index in [0.29, 0.717) is 12.0 Å². The summed E-state index contributed by atoms with van der Waals surface area (Å²) < 4.78 is 4.98. The van der Waals surface area contributed by atoms with Crippen LogP contribution in [0.4, 0.5) is 0 Å². The van der Waals surface area contributed by atoms with E-state index in [-0.39, 0.29) is 24.4 Å². The van der Waals surface area contributed by atoms with Crippen molar-refractivity contribution in [1.82, 2.24) is 5.32 Å². The Morgan fingerprint density at radius 1 is 0.968 bits per heavy atom. The van der Waals surface area contributed by atoms with E-state index in [0.717, 1.165) is 24.8 Å². The van der Waals surface area contributed by atoms with Gasteiger partial charge in [0.15, 0.2) is 18.2 Å². The second kappa shape index (κ2) is 10.7. The summed E-state index contributed by atoms with van der Waals surface area (Å²) in [7, 11) is 0. The fourth-order valence-electron chi connectivity index (χ4n) is 3.71. The van der Waals surface area contributed by atoms with Gasteiger partial charge in [-0.05, 0) is 55.4 Å². The van der Waals surface area contributed by atoms with Crippen molar-refractivity contribution in [2.45, 2.75) is 51.5 Å². The summed E-state index contributed by atoms with van der Waals surface area (Å²) in [6.45, 7) is 0.926. The largest absolute Gasteiger partial charge is 0.456 e. The third kappa shape index (κ3) is 6.60. The molecule has 0 radical (unpaired) electrons. The molecule has 6 heteroatoms. The number of fused-ring (bicyclic) bond motifs is 1. The van der Waals surface area contributed by atoms with Crippen LogP contribution in [0.1, 0.15) is 53.2 Å². The zero-order chi connectivity index (χ0) is 22.2. The average Bonchev–Trinajstić information content (AvgIpc) is 3.24. The Morgan fingerprint density at radius 3 is 2.45 bits per heavy atom. The molecule has 2 aromatic rings. The van der Waals surface area contributed by atoms with Crippen LogP contribution in [0, 0.1) is 0 Å². The number of hydrogen-bond donors (Lipinski definition) is 1. The van der Waals surface area contributed by atoms with E-state index in [9.17, 15) is 19.2 Å². The Kier molecular flexibility index (Phi) is 7.70. The molecule has 0 saturated carbocycles. The first-order chi connectivity index (χ1) is 14.9. The van der Waals surface area contributed by atoms with Crippen molar-refractivity contribution < 1.29 is 23.9 Å². The van der Waals surface area contributed by atoms with E-state index in [1.54, 1.807) is 6.07 Å². The van der Waals surface area contributed by atoms with Gasteiger partial charge in [0.1, 0.15) is 0 Å². The Hall–Kier alpha value is -3.28. The van der Waals surface area contributed by atoms with Gasteiger partial charge in [0.2, 0.25) is 0 Å². The van der Waals surface area contributed by atoms with Crippen molar-refractivity contribution in [3.8, 4) is 0 Å². The van der Waals surface area contributed by atoms with Crippen molar-refractivity contribution in [3.05, 3.63) is 70.8 Å². The summed E-state index contributed by atoms with van der Waals surface area (Å²) in [5.41, 5.74) is 4.03.